The van der Waals surface area contributed by atoms with E-state index in [2.05, 4.69) is 21.8 Å². The molecule has 0 bridgehead atoms. The van der Waals surface area contributed by atoms with Crippen LogP contribution < -0.4 is 4.72 Å². The monoisotopic (exact) mass is 389 g/mol. The Hall–Kier alpha value is -1.91. The Kier molecular flexibility index (Phi) is 5.94. The van der Waals surface area contributed by atoms with Gasteiger partial charge in [0.1, 0.15) is 6.07 Å². The van der Waals surface area contributed by atoms with Crippen molar-refractivity contribution < 1.29 is 8.42 Å². The Morgan fingerprint density at radius 3 is 2.46 bits per heavy atom. The van der Waals surface area contributed by atoms with Crippen LogP contribution in [0.4, 0.5) is 0 Å². The molecule has 3 rings (SSSR count). The number of hydrogen-bond donors (Lipinski definition) is 1. The summed E-state index contributed by atoms with van der Waals surface area (Å²) in [6.07, 6.45) is 1.52. The quantitative estimate of drug-likeness (QED) is 0.852. The van der Waals surface area contributed by atoms with Crippen molar-refractivity contribution in [3.05, 3.63) is 64.7 Å². The van der Waals surface area contributed by atoms with Crippen molar-refractivity contribution in [3.63, 3.8) is 0 Å². The predicted octanol–water partition coefficient (Wildman–Crippen LogP) is 3.15. The van der Waals surface area contributed by atoms with Crippen LogP contribution in [0.15, 0.2) is 53.4 Å². The Labute approximate surface area is 159 Å². The lowest BCUT2D eigenvalue weighted by Gasteiger charge is -2.32. The number of benzene rings is 2. The van der Waals surface area contributed by atoms with Gasteiger partial charge in [0, 0.05) is 25.7 Å². The minimum Gasteiger partial charge on any atom is -0.299 e. The first-order valence-corrected chi connectivity index (χ1v) is 10.3. The maximum absolute atomic E-state index is 12.6. The summed E-state index contributed by atoms with van der Waals surface area (Å²) in [5, 5.41) is 9.05. The van der Waals surface area contributed by atoms with E-state index in [0.29, 0.717) is 0 Å². The fraction of sp³-hybridized carbons (Fsp3) is 0.316. The van der Waals surface area contributed by atoms with Crippen LogP contribution in [0.3, 0.4) is 0 Å². The van der Waals surface area contributed by atoms with E-state index in [1.807, 2.05) is 24.3 Å². The molecule has 136 valence electrons. The largest absolute Gasteiger partial charge is 0.299 e. The normalized spacial score (nSPS) is 16.3. The number of hydrogen-bond acceptors (Lipinski definition) is 4. The highest BCUT2D eigenvalue weighted by molar-refractivity contribution is 7.89. The van der Waals surface area contributed by atoms with Gasteiger partial charge < -0.3 is 0 Å². The zero-order valence-corrected chi connectivity index (χ0v) is 15.8. The summed E-state index contributed by atoms with van der Waals surface area (Å²) in [4.78, 5) is 2.42. The zero-order valence-electron chi connectivity index (χ0n) is 14.2. The zero-order chi connectivity index (χ0) is 18.6. The smallest absolute Gasteiger partial charge is 0.240 e. The third-order valence-electron chi connectivity index (χ3n) is 4.53. The molecule has 1 N–H and O–H groups in total. The van der Waals surface area contributed by atoms with Gasteiger partial charge in [0.25, 0.3) is 0 Å². The van der Waals surface area contributed by atoms with Crippen LogP contribution >= 0.6 is 11.6 Å². The summed E-state index contributed by atoms with van der Waals surface area (Å²) >= 11 is 5.95. The summed E-state index contributed by atoms with van der Waals surface area (Å²) in [5.41, 5.74) is 1.53. The number of nitrogens with one attached hydrogen (secondary N) is 1. The van der Waals surface area contributed by atoms with Crippen LogP contribution in [0.25, 0.3) is 0 Å². The van der Waals surface area contributed by atoms with E-state index in [-0.39, 0.29) is 21.5 Å². The molecule has 1 fully saturated rings. The molecule has 26 heavy (non-hydrogen) atoms. The average Bonchev–Trinajstić information content (AvgIpc) is 2.64. The van der Waals surface area contributed by atoms with Crippen LogP contribution in [0.5, 0.6) is 0 Å². The Morgan fingerprint density at radius 2 is 1.85 bits per heavy atom. The molecule has 7 heteroatoms. The topological polar surface area (TPSA) is 73.2 Å². The number of halogens is 1. The first kappa shape index (κ1) is 18.9. The van der Waals surface area contributed by atoms with Crippen molar-refractivity contribution in [1.82, 2.24) is 9.62 Å². The van der Waals surface area contributed by atoms with Crippen molar-refractivity contribution in [1.29, 1.82) is 5.26 Å². The van der Waals surface area contributed by atoms with Crippen molar-refractivity contribution in [2.45, 2.75) is 30.3 Å². The van der Waals surface area contributed by atoms with E-state index >= 15 is 0 Å². The van der Waals surface area contributed by atoms with Crippen LogP contribution in [-0.4, -0.2) is 32.4 Å². The number of nitrogens with zero attached hydrogens (tertiary/aromatic N) is 2. The van der Waals surface area contributed by atoms with E-state index in [1.165, 1.54) is 23.8 Å². The number of piperidine rings is 1. The van der Waals surface area contributed by atoms with Gasteiger partial charge >= 0.3 is 0 Å². The lowest BCUT2D eigenvalue weighted by Crippen LogP contribution is -2.44. The third-order valence-corrected chi connectivity index (χ3v) is 6.36. The van der Waals surface area contributed by atoms with E-state index < -0.39 is 10.0 Å². The van der Waals surface area contributed by atoms with Crippen molar-refractivity contribution in [3.8, 4) is 6.07 Å². The SMILES string of the molecule is N#Cc1ccc(S(=O)(=O)NC2CCN(Cc3ccccc3)CC2)cc1Cl. The molecule has 0 spiro atoms. The molecule has 0 amide bonds. The Bertz CT molecular complexity index is 902. The van der Waals surface area contributed by atoms with Gasteiger partial charge in [-0.2, -0.15) is 5.26 Å². The first-order valence-electron chi connectivity index (χ1n) is 8.46. The standard InChI is InChI=1S/C19H20ClN3O2S/c20-19-12-18(7-6-16(19)13-21)26(24,25)22-17-8-10-23(11-9-17)14-15-4-2-1-3-5-15/h1-7,12,17,22H,8-11,14H2. The van der Waals surface area contributed by atoms with Gasteiger partial charge in [-0.3, -0.25) is 4.90 Å². The predicted molar refractivity (Wildman–Crippen MR) is 101 cm³/mol. The van der Waals surface area contributed by atoms with Crippen LogP contribution in [0, 0.1) is 11.3 Å². The van der Waals surface area contributed by atoms with Gasteiger partial charge in [0.15, 0.2) is 0 Å². The molecule has 0 saturated carbocycles. The minimum atomic E-state index is -3.65. The molecule has 5 nitrogen and oxygen atoms in total. The van der Waals surface area contributed by atoms with Crippen molar-refractivity contribution >= 4 is 21.6 Å². The first-order chi connectivity index (χ1) is 12.5. The van der Waals surface area contributed by atoms with Crippen molar-refractivity contribution in [2.24, 2.45) is 0 Å². The van der Waals surface area contributed by atoms with E-state index in [9.17, 15) is 8.42 Å². The van der Waals surface area contributed by atoms with Crippen LogP contribution in [0.2, 0.25) is 5.02 Å². The van der Waals surface area contributed by atoms with Gasteiger partial charge in [-0.15, -0.1) is 0 Å². The number of likely N-dealkylation sites (tertiary alicyclic amines) is 1. The highest BCUT2D eigenvalue weighted by atomic mass is 35.5. The summed E-state index contributed by atoms with van der Waals surface area (Å²) in [6.45, 7) is 2.57. The highest BCUT2D eigenvalue weighted by Crippen LogP contribution is 2.22. The third kappa shape index (κ3) is 4.63. The van der Waals surface area contributed by atoms with Gasteiger partial charge in [-0.05, 0) is 36.6 Å². The number of rotatable bonds is 5. The fourth-order valence-electron chi connectivity index (χ4n) is 3.09. The van der Waals surface area contributed by atoms with Gasteiger partial charge in [-0.25, -0.2) is 13.1 Å². The van der Waals surface area contributed by atoms with Crippen LogP contribution in [0.1, 0.15) is 24.0 Å². The molecule has 1 saturated heterocycles. The Morgan fingerprint density at radius 1 is 1.15 bits per heavy atom. The minimum absolute atomic E-state index is 0.0909. The van der Waals surface area contributed by atoms with E-state index in [0.717, 1.165) is 32.5 Å². The highest BCUT2D eigenvalue weighted by Gasteiger charge is 2.25. The molecule has 0 unspecified atom stereocenters. The fourth-order valence-corrected chi connectivity index (χ4v) is 4.71. The van der Waals surface area contributed by atoms with Crippen LogP contribution in [-0.2, 0) is 16.6 Å². The molecule has 1 aliphatic rings. The van der Waals surface area contributed by atoms with E-state index in [1.54, 1.807) is 0 Å². The lowest BCUT2D eigenvalue weighted by molar-refractivity contribution is 0.200. The van der Waals surface area contributed by atoms with Gasteiger partial charge in [0.2, 0.25) is 10.0 Å². The van der Waals surface area contributed by atoms with Gasteiger partial charge in [-0.1, -0.05) is 41.9 Å². The molecule has 0 aromatic heterocycles. The number of sulfonamides is 1. The lowest BCUT2D eigenvalue weighted by atomic mass is 10.1. The second-order valence-electron chi connectivity index (χ2n) is 6.41. The van der Waals surface area contributed by atoms with Gasteiger partial charge in [0.05, 0.1) is 15.5 Å². The maximum Gasteiger partial charge on any atom is 0.240 e. The molecule has 0 atom stereocenters. The molecule has 2 aromatic rings. The van der Waals surface area contributed by atoms with E-state index in [4.69, 9.17) is 16.9 Å². The summed E-state index contributed by atoms with van der Waals surface area (Å²) < 4.78 is 27.9. The molecule has 1 heterocycles. The second kappa shape index (κ2) is 8.19. The average molecular weight is 390 g/mol. The second-order valence-corrected chi connectivity index (χ2v) is 8.53. The maximum atomic E-state index is 12.6. The molecule has 0 radical (unpaired) electrons. The molecule has 0 aliphatic carbocycles. The molecular formula is C19H20ClN3O2S. The molecule has 2 aromatic carbocycles. The summed E-state index contributed by atoms with van der Waals surface area (Å²) in [7, 11) is -3.65. The van der Waals surface area contributed by atoms with Crippen molar-refractivity contribution in [2.75, 3.05) is 13.1 Å². The summed E-state index contributed by atoms with van der Waals surface area (Å²) in [6, 6.07) is 16.3. The summed E-state index contributed by atoms with van der Waals surface area (Å²) in [5.74, 6) is 0. The molecular weight excluding hydrogens is 370 g/mol. The molecule has 1 aliphatic heterocycles. The number of nitriles is 1. The Balaban J connectivity index is 1.58.